The number of rotatable bonds is 10. The molecule has 0 aromatic heterocycles. The van der Waals surface area contributed by atoms with Gasteiger partial charge in [-0.2, -0.15) is 0 Å². The molecule has 1 N–H and O–H groups in total. The van der Waals surface area contributed by atoms with Crippen molar-refractivity contribution >= 4 is 43.5 Å². The van der Waals surface area contributed by atoms with Crippen LogP contribution < -0.4 is 9.62 Å². The minimum absolute atomic E-state index is 0.259. The second kappa shape index (κ2) is 11.8. The smallest absolute Gasteiger partial charge is 0.244 e. The first-order chi connectivity index (χ1) is 15.8. The van der Waals surface area contributed by atoms with Crippen LogP contribution in [0, 0.1) is 0 Å². The molecule has 2 amide bonds. The second-order valence-electron chi connectivity index (χ2n) is 9.24. The van der Waals surface area contributed by atoms with Gasteiger partial charge in [-0.1, -0.05) is 59.3 Å². The van der Waals surface area contributed by atoms with E-state index in [9.17, 15) is 18.0 Å². The predicted molar refractivity (Wildman–Crippen MR) is 140 cm³/mol. The second-order valence-corrected chi connectivity index (χ2v) is 12.1. The average Bonchev–Trinajstić information content (AvgIpc) is 2.73. The number of carbonyl (C=O) groups is 2. The number of nitrogens with one attached hydrogen (secondary N) is 1. The van der Waals surface area contributed by atoms with Crippen LogP contribution in [0.1, 0.15) is 39.7 Å². The zero-order chi connectivity index (χ0) is 25.5. The fraction of sp³-hybridized carbons (Fsp3) is 0.440. The van der Waals surface area contributed by atoms with Gasteiger partial charge in [0.25, 0.3) is 0 Å². The van der Waals surface area contributed by atoms with Gasteiger partial charge in [0.1, 0.15) is 12.6 Å². The quantitative estimate of drug-likeness (QED) is 0.483. The third kappa shape index (κ3) is 8.43. The van der Waals surface area contributed by atoms with Crippen molar-refractivity contribution in [2.24, 2.45) is 0 Å². The Balaban J connectivity index is 2.38. The predicted octanol–water partition coefficient (Wildman–Crippen LogP) is 3.98. The van der Waals surface area contributed by atoms with Crippen molar-refractivity contribution in [3.8, 4) is 0 Å². The van der Waals surface area contributed by atoms with E-state index in [-0.39, 0.29) is 12.5 Å². The standard InChI is InChI=1S/C25H34BrN3O4S/c1-6-22(24(31)27-25(2,3)4)28(16-15-19-11-8-7-9-12-19)23(30)18-29(34(5,32)33)21-14-10-13-20(26)17-21/h7-14,17,22H,6,15-16,18H2,1-5H3,(H,27,31)/t22-/m0/s1. The molecule has 0 radical (unpaired) electrons. The summed E-state index contributed by atoms with van der Waals surface area (Å²) in [5.41, 5.74) is 0.937. The highest BCUT2D eigenvalue weighted by atomic mass is 79.9. The van der Waals surface area contributed by atoms with Crippen molar-refractivity contribution < 1.29 is 18.0 Å². The molecule has 0 saturated carbocycles. The van der Waals surface area contributed by atoms with E-state index >= 15 is 0 Å². The van der Waals surface area contributed by atoms with Crippen LogP contribution in [0.5, 0.6) is 0 Å². The summed E-state index contributed by atoms with van der Waals surface area (Å²) in [7, 11) is -3.75. The van der Waals surface area contributed by atoms with Crippen LogP contribution in [-0.2, 0) is 26.0 Å². The van der Waals surface area contributed by atoms with Gasteiger partial charge in [-0.05, 0) is 57.4 Å². The molecule has 2 aromatic carbocycles. The Morgan fingerprint density at radius 2 is 1.71 bits per heavy atom. The number of halogens is 1. The van der Waals surface area contributed by atoms with E-state index in [0.717, 1.165) is 16.1 Å². The molecular formula is C25H34BrN3O4S. The van der Waals surface area contributed by atoms with E-state index in [1.54, 1.807) is 24.3 Å². The third-order valence-corrected chi connectivity index (χ3v) is 6.78. The van der Waals surface area contributed by atoms with Crippen LogP contribution in [0.25, 0.3) is 0 Å². The minimum Gasteiger partial charge on any atom is -0.350 e. The Morgan fingerprint density at radius 3 is 2.24 bits per heavy atom. The zero-order valence-electron chi connectivity index (χ0n) is 20.4. The average molecular weight is 553 g/mol. The van der Waals surface area contributed by atoms with Gasteiger partial charge in [0, 0.05) is 16.6 Å². The van der Waals surface area contributed by atoms with Gasteiger partial charge in [0.05, 0.1) is 11.9 Å². The summed E-state index contributed by atoms with van der Waals surface area (Å²) in [6, 6.07) is 15.7. The lowest BCUT2D eigenvalue weighted by Gasteiger charge is -2.34. The van der Waals surface area contributed by atoms with Crippen molar-refractivity contribution in [1.82, 2.24) is 10.2 Å². The summed E-state index contributed by atoms with van der Waals surface area (Å²) in [5, 5.41) is 2.96. The molecule has 0 fully saturated rings. The number of nitrogens with zero attached hydrogens (tertiary/aromatic N) is 2. The number of hydrogen-bond donors (Lipinski definition) is 1. The van der Waals surface area contributed by atoms with E-state index in [2.05, 4.69) is 21.2 Å². The first kappa shape index (κ1) is 27.9. The van der Waals surface area contributed by atoms with Crippen LogP contribution >= 0.6 is 15.9 Å². The van der Waals surface area contributed by atoms with Crippen LogP contribution in [0.3, 0.4) is 0 Å². The van der Waals surface area contributed by atoms with Crippen molar-refractivity contribution in [3.05, 3.63) is 64.6 Å². The highest BCUT2D eigenvalue weighted by molar-refractivity contribution is 9.10. The first-order valence-corrected chi connectivity index (χ1v) is 13.8. The molecule has 186 valence electrons. The molecule has 0 aliphatic heterocycles. The molecule has 0 unspecified atom stereocenters. The number of anilines is 1. The van der Waals surface area contributed by atoms with E-state index in [1.807, 2.05) is 58.0 Å². The highest BCUT2D eigenvalue weighted by Crippen LogP contribution is 2.23. The van der Waals surface area contributed by atoms with E-state index in [1.165, 1.54) is 4.90 Å². The van der Waals surface area contributed by atoms with Crippen LogP contribution in [0.2, 0.25) is 0 Å². The van der Waals surface area contributed by atoms with Crippen molar-refractivity contribution in [2.45, 2.75) is 52.1 Å². The number of sulfonamides is 1. The Hall–Kier alpha value is -2.39. The summed E-state index contributed by atoms with van der Waals surface area (Å²) in [6.45, 7) is 7.38. The number of carbonyl (C=O) groups excluding carboxylic acids is 2. The molecule has 0 saturated heterocycles. The largest absolute Gasteiger partial charge is 0.350 e. The van der Waals surface area contributed by atoms with Gasteiger partial charge in [-0.3, -0.25) is 13.9 Å². The van der Waals surface area contributed by atoms with Gasteiger partial charge in [0.2, 0.25) is 21.8 Å². The topological polar surface area (TPSA) is 86.8 Å². The van der Waals surface area contributed by atoms with Gasteiger partial charge in [-0.15, -0.1) is 0 Å². The van der Waals surface area contributed by atoms with Crippen molar-refractivity contribution in [2.75, 3.05) is 23.7 Å². The molecule has 0 aliphatic carbocycles. The molecule has 1 atom stereocenters. The van der Waals surface area contributed by atoms with Crippen LogP contribution in [0.15, 0.2) is 59.1 Å². The van der Waals surface area contributed by atoms with Crippen molar-refractivity contribution in [3.63, 3.8) is 0 Å². The molecule has 0 bridgehead atoms. The fourth-order valence-corrected chi connectivity index (χ4v) is 4.82. The monoisotopic (exact) mass is 551 g/mol. The molecule has 2 rings (SSSR count). The molecule has 0 spiro atoms. The number of amides is 2. The lowest BCUT2D eigenvalue weighted by atomic mass is 10.1. The van der Waals surface area contributed by atoms with Crippen LogP contribution in [-0.4, -0.2) is 56.1 Å². The van der Waals surface area contributed by atoms with Gasteiger partial charge in [0.15, 0.2) is 0 Å². The summed E-state index contributed by atoms with van der Waals surface area (Å²) in [6.07, 6.45) is 2.01. The summed E-state index contributed by atoms with van der Waals surface area (Å²) in [4.78, 5) is 28.2. The normalized spacial score (nSPS) is 12.6. The van der Waals surface area contributed by atoms with Crippen molar-refractivity contribution in [1.29, 1.82) is 0 Å². The molecule has 9 heteroatoms. The molecule has 34 heavy (non-hydrogen) atoms. The number of benzene rings is 2. The van der Waals surface area contributed by atoms with E-state index in [0.29, 0.717) is 23.0 Å². The summed E-state index contributed by atoms with van der Waals surface area (Å²) >= 11 is 3.35. The van der Waals surface area contributed by atoms with Crippen LogP contribution in [0.4, 0.5) is 5.69 Å². The maximum Gasteiger partial charge on any atom is 0.244 e. The highest BCUT2D eigenvalue weighted by Gasteiger charge is 2.32. The Bertz CT molecular complexity index is 1080. The molecule has 0 aliphatic rings. The van der Waals surface area contributed by atoms with E-state index < -0.39 is 34.1 Å². The molecule has 7 nitrogen and oxygen atoms in total. The Morgan fingerprint density at radius 1 is 1.06 bits per heavy atom. The first-order valence-electron chi connectivity index (χ1n) is 11.2. The van der Waals surface area contributed by atoms with Gasteiger partial charge >= 0.3 is 0 Å². The number of hydrogen-bond acceptors (Lipinski definition) is 4. The Kier molecular flexibility index (Phi) is 9.70. The SMILES string of the molecule is CC[C@@H](C(=O)NC(C)(C)C)N(CCc1ccccc1)C(=O)CN(c1cccc(Br)c1)S(C)(=O)=O. The Labute approximate surface area is 211 Å². The molecule has 0 heterocycles. The maximum absolute atomic E-state index is 13.6. The molecular weight excluding hydrogens is 518 g/mol. The zero-order valence-corrected chi connectivity index (χ0v) is 22.8. The maximum atomic E-state index is 13.6. The van der Waals surface area contributed by atoms with E-state index in [4.69, 9.17) is 0 Å². The fourth-order valence-electron chi connectivity index (χ4n) is 3.59. The van der Waals surface area contributed by atoms with Gasteiger partial charge in [-0.25, -0.2) is 8.42 Å². The third-order valence-electron chi connectivity index (χ3n) is 5.14. The minimum atomic E-state index is -3.75. The molecule has 2 aromatic rings. The lowest BCUT2D eigenvalue weighted by Crippen LogP contribution is -2.56. The summed E-state index contributed by atoms with van der Waals surface area (Å²) < 4.78 is 27.0. The summed E-state index contributed by atoms with van der Waals surface area (Å²) in [5.74, 6) is -0.693. The van der Waals surface area contributed by atoms with Gasteiger partial charge < -0.3 is 10.2 Å². The lowest BCUT2D eigenvalue weighted by molar-refractivity contribution is -0.140.